The number of nitrogens with one attached hydrogen (secondary N) is 1. The van der Waals surface area contributed by atoms with E-state index in [1.807, 2.05) is 20.8 Å². The molecule has 1 saturated heterocycles. The molecule has 1 saturated carbocycles. The van der Waals surface area contributed by atoms with Crippen molar-refractivity contribution in [2.75, 3.05) is 19.6 Å². The second-order valence-corrected chi connectivity index (χ2v) is 8.13. The van der Waals surface area contributed by atoms with Gasteiger partial charge in [-0.2, -0.15) is 0 Å². The van der Waals surface area contributed by atoms with Crippen molar-refractivity contribution in [1.29, 1.82) is 0 Å². The molecule has 1 N–H and O–H groups in total. The van der Waals surface area contributed by atoms with E-state index >= 15 is 0 Å². The predicted octanol–water partition coefficient (Wildman–Crippen LogP) is 3.05. The molecule has 2 unspecified atom stereocenters. The third-order valence-corrected chi connectivity index (χ3v) is 4.74. The van der Waals surface area contributed by atoms with Gasteiger partial charge in [-0.3, -0.25) is 4.79 Å². The molecule has 2 aliphatic rings. The van der Waals surface area contributed by atoms with Gasteiger partial charge in [0.15, 0.2) is 0 Å². The first-order valence-electron chi connectivity index (χ1n) is 8.38. The van der Waals surface area contributed by atoms with E-state index in [-0.39, 0.29) is 11.3 Å². The number of likely N-dealkylation sites (tertiary alicyclic amines) is 1. The molecule has 0 bridgehead atoms. The van der Waals surface area contributed by atoms with Crippen LogP contribution in [0.5, 0.6) is 0 Å². The Balaban J connectivity index is 1.85. The average Bonchev–Trinajstić information content (AvgIpc) is 2.79. The number of hydrogen-bond donors (Lipinski definition) is 1. The monoisotopic (exact) mass is 280 g/mol. The number of rotatable bonds is 3. The Morgan fingerprint density at radius 2 is 1.85 bits per heavy atom. The van der Waals surface area contributed by atoms with Gasteiger partial charge in [-0.25, -0.2) is 0 Å². The molecule has 0 aromatic heterocycles. The van der Waals surface area contributed by atoms with Crippen LogP contribution in [0.2, 0.25) is 0 Å². The van der Waals surface area contributed by atoms with Crippen LogP contribution < -0.4 is 5.32 Å². The fourth-order valence-electron chi connectivity index (χ4n) is 3.68. The summed E-state index contributed by atoms with van der Waals surface area (Å²) >= 11 is 0. The van der Waals surface area contributed by atoms with Gasteiger partial charge in [0.05, 0.1) is 0 Å². The number of carbonyl (C=O) groups excluding carboxylic acids is 1. The molecule has 1 heterocycles. The highest BCUT2D eigenvalue weighted by atomic mass is 16.2. The smallest absolute Gasteiger partial charge is 0.225 e. The first-order chi connectivity index (χ1) is 9.34. The zero-order chi connectivity index (χ0) is 14.8. The number of piperidine rings is 1. The molecule has 2 rings (SSSR count). The van der Waals surface area contributed by atoms with Crippen LogP contribution in [0.3, 0.4) is 0 Å². The fourth-order valence-corrected chi connectivity index (χ4v) is 3.68. The van der Waals surface area contributed by atoms with Crippen molar-refractivity contribution >= 4 is 5.91 Å². The Labute approximate surface area is 124 Å². The second kappa shape index (κ2) is 6.46. The Hall–Kier alpha value is -0.570. The van der Waals surface area contributed by atoms with Crippen molar-refractivity contribution in [3.8, 4) is 0 Å². The largest absolute Gasteiger partial charge is 0.352 e. The van der Waals surface area contributed by atoms with E-state index in [2.05, 4.69) is 17.1 Å². The minimum Gasteiger partial charge on any atom is -0.352 e. The zero-order valence-corrected chi connectivity index (χ0v) is 13.7. The molecule has 116 valence electrons. The van der Waals surface area contributed by atoms with E-state index in [1.165, 1.54) is 38.8 Å². The maximum Gasteiger partial charge on any atom is 0.225 e. The fraction of sp³-hybridized carbons (Fsp3) is 0.941. The summed E-state index contributed by atoms with van der Waals surface area (Å²) in [5.74, 6) is 1.78. The van der Waals surface area contributed by atoms with Crippen molar-refractivity contribution in [2.45, 2.75) is 65.8 Å². The lowest BCUT2D eigenvalue weighted by Gasteiger charge is -2.38. The van der Waals surface area contributed by atoms with Crippen LogP contribution in [0, 0.1) is 17.3 Å². The lowest BCUT2D eigenvalue weighted by Crippen LogP contribution is -2.53. The SMILES string of the molecule is CC1CC(NC(=O)C(C)(C)C)CN(CC2CCCC2)C1. The molecular formula is C17H32N2O. The van der Waals surface area contributed by atoms with Gasteiger partial charge in [0, 0.05) is 31.1 Å². The van der Waals surface area contributed by atoms with Crippen LogP contribution >= 0.6 is 0 Å². The molecule has 1 amide bonds. The Morgan fingerprint density at radius 3 is 2.45 bits per heavy atom. The summed E-state index contributed by atoms with van der Waals surface area (Å²) in [6, 6.07) is 0.340. The lowest BCUT2D eigenvalue weighted by atomic mass is 9.91. The lowest BCUT2D eigenvalue weighted by molar-refractivity contribution is -0.129. The maximum atomic E-state index is 12.2. The average molecular weight is 280 g/mol. The molecule has 0 radical (unpaired) electrons. The van der Waals surface area contributed by atoms with Crippen molar-refractivity contribution in [2.24, 2.45) is 17.3 Å². The summed E-state index contributed by atoms with van der Waals surface area (Å²) in [5.41, 5.74) is -0.281. The summed E-state index contributed by atoms with van der Waals surface area (Å²) in [6.45, 7) is 11.8. The molecular weight excluding hydrogens is 248 g/mol. The van der Waals surface area contributed by atoms with Crippen LogP contribution in [-0.2, 0) is 4.79 Å². The molecule has 2 fully saturated rings. The van der Waals surface area contributed by atoms with Crippen molar-refractivity contribution in [1.82, 2.24) is 10.2 Å². The standard InChI is InChI=1S/C17H32N2O/c1-13-9-15(18-16(20)17(2,3)4)12-19(10-13)11-14-7-5-6-8-14/h13-15H,5-12H2,1-4H3,(H,18,20). The quantitative estimate of drug-likeness (QED) is 0.862. The first kappa shape index (κ1) is 15.8. The van der Waals surface area contributed by atoms with E-state index in [0.29, 0.717) is 12.0 Å². The summed E-state index contributed by atoms with van der Waals surface area (Å²) in [6.07, 6.45) is 6.77. The number of amides is 1. The molecule has 3 heteroatoms. The third kappa shape index (κ3) is 4.47. The van der Waals surface area contributed by atoms with Crippen molar-refractivity contribution < 1.29 is 4.79 Å². The van der Waals surface area contributed by atoms with Gasteiger partial charge in [0.25, 0.3) is 0 Å². The molecule has 2 atom stereocenters. The summed E-state index contributed by atoms with van der Waals surface area (Å²) in [4.78, 5) is 14.8. The Kier molecular flexibility index (Phi) is 5.11. The normalized spacial score (nSPS) is 29.6. The third-order valence-electron chi connectivity index (χ3n) is 4.74. The van der Waals surface area contributed by atoms with Crippen LogP contribution in [0.25, 0.3) is 0 Å². The van der Waals surface area contributed by atoms with Crippen molar-refractivity contribution in [3.63, 3.8) is 0 Å². The molecule has 20 heavy (non-hydrogen) atoms. The van der Waals surface area contributed by atoms with Gasteiger partial charge in [0.2, 0.25) is 5.91 Å². The molecule has 0 aromatic rings. The number of carbonyl (C=O) groups is 1. The maximum absolute atomic E-state index is 12.2. The summed E-state index contributed by atoms with van der Waals surface area (Å²) < 4.78 is 0. The van der Waals surface area contributed by atoms with Gasteiger partial charge in [-0.15, -0.1) is 0 Å². The highest BCUT2D eigenvalue weighted by Crippen LogP contribution is 2.27. The van der Waals surface area contributed by atoms with Gasteiger partial charge in [-0.1, -0.05) is 40.5 Å². The van der Waals surface area contributed by atoms with Crippen molar-refractivity contribution in [3.05, 3.63) is 0 Å². The topological polar surface area (TPSA) is 32.3 Å². The van der Waals surface area contributed by atoms with Gasteiger partial charge >= 0.3 is 0 Å². The number of nitrogens with zero attached hydrogens (tertiary/aromatic N) is 1. The van der Waals surface area contributed by atoms with Crippen LogP contribution in [0.1, 0.15) is 59.8 Å². The van der Waals surface area contributed by atoms with E-state index in [9.17, 15) is 4.79 Å². The second-order valence-electron chi connectivity index (χ2n) is 8.13. The highest BCUT2D eigenvalue weighted by Gasteiger charge is 2.30. The molecule has 1 aliphatic carbocycles. The Morgan fingerprint density at radius 1 is 1.20 bits per heavy atom. The van der Waals surface area contributed by atoms with E-state index < -0.39 is 0 Å². The van der Waals surface area contributed by atoms with Crippen LogP contribution in [-0.4, -0.2) is 36.5 Å². The van der Waals surface area contributed by atoms with Crippen LogP contribution in [0.4, 0.5) is 0 Å². The zero-order valence-electron chi connectivity index (χ0n) is 13.7. The summed E-state index contributed by atoms with van der Waals surface area (Å²) in [7, 11) is 0. The van der Waals surface area contributed by atoms with Crippen LogP contribution in [0.15, 0.2) is 0 Å². The van der Waals surface area contributed by atoms with Gasteiger partial charge in [-0.05, 0) is 31.1 Å². The first-order valence-corrected chi connectivity index (χ1v) is 8.38. The van der Waals surface area contributed by atoms with Gasteiger partial charge < -0.3 is 10.2 Å². The van der Waals surface area contributed by atoms with E-state index in [1.54, 1.807) is 0 Å². The van der Waals surface area contributed by atoms with E-state index in [0.717, 1.165) is 18.9 Å². The van der Waals surface area contributed by atoms with Gasteiger partial charge in [0.1, 0.15) is 0 Å². The highest BCUT2D eigenvalue weighted by molar-refractivity contribution is 5.81. The minimum absolute atomic E-state index is 0.192. The number of hydrogen-bond acceptors (Lipinski definition) is 2. The summed E-state index contributed by atoms with van der Waals surface area (Å²) in [5, 5.41) is 3.26. The predicted molar refractivity (Wildman–Crippen MR) is 83.6 cm³/mol. The Bertz CT molecular complexity index is 328. The molecule has 1 aliphatic heterocycles. The molecule has 0 aromatic carbocycles. The molecule has 0 spiro atoms. The van der Waals surface area contributed by atoms with E-state index in [4.69, 9.17) is 0 Å². The minimum atomic E-state index is -0.281. The molecule has 3 nitrogen and oxygen atoms in total.